The molecule has 1 aromatic carbocycles. The number of aliphatic hydroxyl groups excluding tert-OH is 1. The minimum absolute atomic E-state index is 0.632. The molecule has 0 saturated heterocycles. The Kier molecular flexibility index (Phi) is 4.08. The first kappa shape index (κ1) is 9.83. The molecule has 0 fully saturated rings. The van der Waals surface area contributed by atoms with Gasteiger partial charge in [0.1, 0.15) is 6.10 Å². The molecule has 0 unspecified atom stereocenters. The van der Waals surface area contributed by atoms with E-state index in [1.807, 2.05) is 30.3 Å². The van der Waals surface area contributed by atoms with E-state index in [-0.39, 0.29) is 0 Å². The maximum Gasteiger partial charge on any atom is 0.140 e. The molecular weight excluding hydrogens is 160 g/mol. The fourth-order valence-electron chi connectivity index (χ4n) is 1.01. The summed E-state index contributed by atoms with van der Waals surface area (Å²) in [5.74, 6) is 5.74. The SMILES string of the molecule is CCCC#C[C@@H](O)c1ccccc1. The van der Waals surface area contributed by atoms with E-state index in [1.54, 1.807) is 0 Å². The van der Waals surface area contributed by atoms with Gasteiger partial charge in [-0.3, -0.25) is 0 Å². The fraction of sp³-hybridized carbons (Fsp3) is 0.333. The Labute approximate surface area is 79.4 Å². The molecule has 1 aromatic rings. The van der Waals surface area contributed by atoms with Crippen LogP contribution in [0.5, 0.6) is 0 Å². The zero-order chi connectivity index (χ0) is 9.52. The van der Waals surface area contributed by atoms with E-state index in [1.165, 1.54) is 0 Å². The predicted octanol–water partition coefficient (Wildman–Crippen LogP) is 2.52. The highest BCUT2D eigenvalue weighted by Gasteiger charge is 1.99. The molecule has 0 radical (unpaired) electrons. The van der Waals surface area contributed by atoms with E-state index < -0.39 is 6.10 Å². The molecule has 0 aliphatic rings. The molecule has 0 bridgehead atoms. The van der Waals surface area contributed by atoms with E-state index in [2.05, 4.69) is 18.8 Å². The van der Waals surface area contributed by atoms with E-state index in [0.29, 0.717) is 0 Å². The minimum Gasteiger partial charge on any atom is -0.376 e. The number of hydrogen-bond acceptors (Lipinski definition) is 1. The summed E-state index contributed by atoms with van der Waals surface area (Å²) in [5.41, 5.74) is 0.867. The van der Waals surface area contributed by atoms with Gasteiger partial charge in [-0.15, -0.1) is 5.92 Å². The van der Waals surface area contributed by atoms with Crippen LogP contribution in [-0.2, 0) is 0 Å². The van der Waals surface area contributed by atoms with Crippen molar-refractivity contribution in [1.29, 1.82) is 0 Å². The van der Waals surface area contributed by atoms with Crippen LogP contribution in [0, 0.1) is 11.8 Å². The Morgan fingerprint density at radius 1 is 1.31 bits per heavy atom. The van der Waals surface area contributed by atoms with Crippen molar-refractivity contribution in [2.75, 3.05) is 0 Å². The Bertz CT molecular complexity index is 292. The summed E-state index contributed by atoms with van der Waals surface area (Å²) >= 11 is 0. The van der Waals surface area contributed by atoms with Crippen molar-refractivity contribution in [3.05, 3.63) is 35.9 Å². The number of hydrogen-bond donors (Lipinski definition) is 1. The van der Waals surface area contributed by atoms with Crippen LogP contribution in [0.3, 0.4) is 0 Å². The number of rotatable bonds is 2. The highest BCUT2D eigenvalue weighted by Crippen LogP contribution is 2.10. The quantitative estimate of drug-likeness (QED) is 0.683. The lowest BCUT2D eigenvalue weighted by atomic mass is 10.1. The molecule has 0 saturated carbocycles. The van der Waals surface area contributed by atoms with Crippen LogP contribution < -0.4 is 0 Å². The van der Waals surface area contributed by atoms with Crippen molar-refractivity contribution in [3.8, 4) is 11.8 Å². The Hall–Kier alpha value is -1.26. The van der Waals surface area contributed by atoms with E-state index >= 15 is 0 Å². The summed E-state index contributed by atoms with van der Waals surface area (Å²) in [4.78, 5) is 0. The van der Waals surface area contributed by atoms with Crippen molar-refractivity contribution in [2.45, 2.75) is 25.9 Å². The van der Waals surface area contributed by atoms with Gasteiger partial charge in [0.05, 0.1) is 0 Å². The molecule has 0 aliphatic carbocycles. The summed E-state index contributed by atoms with van der Waals surface area (Å²) in [6, 6.07) is 9.49. The molecule has 0 amide bonds. The lowest BCUT2D eigenvalue weighted by molar-refractivity contribution is 0.238. The van der Waals surface area contributed by atoms with Crippen LogP contribution in [0.15, 0.2) is 30.3 Å². The molecule has 68 valence electrons. The second-order valence-corrected chi connectivity index (χ2v) is 2.88. The normalized spacial score (nSPS) is 11.5. The van der Waals surface area contributed by atoms with E-state index in [9.17, 15) is 5.11 Å². The fourth-order valence-corrected chi connectivity index (χ4v) is 1.01. The van der Waals surface area contributed by atoms with Crippen LogP contribution in [0.4, 0.5) is 0 Å². The molecule has 1 atom stereocenters. The van der Waals surface area contributed by atoms with Gasteiger partial charge in [-0.25, -0.2) is 0 Å². The number of aliphatic hydroxyl groups is 1. The second kappa shape index (κ2) is 5.40. The molecule has 0 aliphatic heterocycles. The largest absolute Gasteiger partial charge is 0.376 e. The molecule has 0 spiro atoms. The summed E-state index contributed by atoms with van der Waals surface area (Å²) in [6.07, 6.45) is 1.26. The van der Waals surface area contributed by atoms with Crippen molar-refractivity contribution in [2.24, 2.45) is 0 Å². The summed E-state index contributed by atoms with van der Waals surface area (Å²) in [6.45, 7) is 2.07. The van der Waals surface area contributed by atoms with Gasteiger partial charge < -0.3 is 5.11 Å². The molecular formula is C12H14O. The first-order valence-corrected chi connectivity index (χ1v) is 4.56. The van der Waals surface area contributed by atoms with Crippen LogP contribution in [0.2, 0.25) is 0 Å². The van der Waals surface area contributed by atoms with Gasteiger partial charge in [0.25, 0.3) is 0 Å². The lowest BCUT2D eigenvalue weighted by Gasteiger charge is -2.01. The molecule has 1 rings (SSSR count). The van der Waals surface area contributed by atoms with Crippen molar-refractivity contribution in [3.63, 3.8) is 0 Å². The Morgan fingerprint density at radius 3 is 2.62 bits per heavy atom. The average molecular weight is 174 g/mol. The average Bonchev–Trinajstić information content (AvgIpc) is 2.19. The third-order valence-corrected chi connectivity index (χ3v) is 1.73. The van der Waals surface area contributed by atoms with Crippen molar-refractivity contribution >= 4 is 0 Å². The maximum atomic E-state index is 9.57. The summed E-state index contributed by atoms with van der Waals surface area (Å²) in [7, 11) is 0. The van der Waals surface area contributed by atoms with Crippen molar-refractivity contribution in [1.82, 2.24) is 0 Å². The lowest BCUT2D eigenvalue weighted by Crippen LogP contribution is -1.92. The zero-order valence-corrected chi connectivity index (χ0v) is 7.83. The third-order valence-electron chi connectivity index (χ3n) is 1.73. The molecule has 1 nitrogen and oxygen atoms in total. The molecule has 0 aromatic heterocycles. The maximum absolute atomic E-state index is 9.57. The van der Waals surface area contributed by atoms with Gasteiger partial charge in [0, 0.05) is 6.42 Å². The highest BCUT2D eigenvalue weighted by molar-refractivity contribution is 5.24. The van der Waals surface area contributed by atoms with Gasteiger partial charge in [-0.1, -0.05) is 43.2 Å². The standard InChI is InChI=1S/C12H14O/c1-2-3-5-10-12(13)11-8-6-4-7-9-11/h4,6-9,12-13H,2-3H2,1H3/t12-/m1/s1. The molecule has 13 heavy (non-hydrogen) atoms. The predicted molar refractivity (Wildman–Crippen MR) is 54.1 cm³/mol. The van der Waals surface area contributed by atoms with Crippen LogP contribution >= 0.6 is 0 Å². The second-order valence-electron chi connectivity index (χ2n) is 2.88. The van der Waals surface area contributed by atoms with Gasteiger partial charge in [-0.2, -0.15) is 0 Å². The topological polar surface area (TPSA) is 20.2 Å². The molecule has 1 N–H and O–H groups in total. The smallest absolute Gasteiger partial charge is 0.140 e. The molecule has 0 heterocycles. The van der Waals surface area contributed by atoms with Crippen LogP contribution in [-0.4, -0.2) is 5.11 Å². The summed E-state index contributed by atoms with van der Waals surface area (Å²) in [5, 5.41) is 9.57. The van der Waals surface area contributed by atoms with E-state index in [4.69, 9.17) is 0 Å². The van der Waals surface area contributed by atoms with Gasteiger partial charge >= 0.3 is 0 Å². The van der Waals surface area contributed by atoms with Crippen LogP contribution in [0.1, 0.15) is 31.4 Å². The first-order valence-electron chi connectivity index (χ1n) is 4.56. The zero-order valence-electron chi connectivity index (χ0n) is 7.83. The van der Waals surface area contributed by atoms with E-state index in [0.717, 1.165) is 18.4 Å². The van der Waals surface area contributed by atoms with Gasteiger partial charge in [0.2, 0.25) is 0 Å². The van der Waals surface area contributed by atoms with Crippen molar-refractivity contribution < 1.29 is 5.11 Å². The highest BCUT2D eigenvalue weighted by atomic mass is 16.3. The third kappa shape index (κ3) is 3.31. The summed E-state index contributed by atoms with van der Waals surface area (Å²) < 4.78 is 0. The van der Waals surface area contributed by atoms with Gasteiger partial charge in [-0.05, 0) is 12.0 Å². The minimum atomic E-state index is -0.632. The number of unbranched alkanes of at least 4 members (excludes halogenated alkanes) is 1. The monoisotopic (exact) mass is 174 g/mol. The molecule has 1 heteroatoms. The Morgan fingerprint density at radius 2 is 2.00 bits per heavy atom. The number of benzene rings is 1. The van der Waals surface area contributed by atoms with Crippen LogP contribution in [0.25, 0.3) is 0 Å². The Balaban J connectivity index is 2.60. The van der Waals surface area contributed by atoms with Gasteiger partial charge in [0.15, 0.2) is 0 Å². The first-order chi connectivity index (χ1) is 6.34.